The normalized spacial score (nSPS) is 24.6. The third-order valence-electron chi connectivity index (χ3n) is 9.70. The smallest absolute Gasteiger partial charge is 0.312 e. The average Bonchev–Trinajstić information content (AvgIpc) is 3.69. The minimum Gasteiger partial charge on any atom is -0.312 e. The first-order valence-electron chi connectivity index (χ1n) is 15.0. The SMILES string of the molecule is CNC1(C#N)CCCC1C.Cc1c(N2C(=O)N(C)C3(CCCC3C)C2=O)ccc(C#N)c1Cl.[C-]#[N+]c1ccc(N=C=O)c(Cl)c1C. The second kappa shape index (κ2) is 14.9. The Morgan fingerprint density at radius 1 is 1.02 bits per heavy atom. The lowest BCUT2D eigenvalue weighted by Crippen LogP contribution is -2.50. The zero-order valence-electron chi connectivity index (χ0n) is 26.9. The quantitative estimate of drug-likeness (QED) is 0.154. The number of benzene rings is 2. The number of nitriles is 2. The van der Waals surface area contributed by atoms with Crippen LogP contribution in [0.25, 0.3) is 4.85 Å². The van der Waals surface area contributed by atoms with E-state index >= 15 is 0 Å². The minimum atomic E-state index is -0.746. The highest BCUT2D eigenvalue weighted by Gasteiger charge is 2.60. The summed E-state index contributed by atoms with van der Waals surface area (Å²) in [6, 6.07) is 10.3. The van der Waals surface area contributed by atoms with Crippen molar-refractivity contribution in [2.24, 2.45) is 16.8 Å². The van der Waals surface area contributed by atoms with Crippen LogP contribution in [0.3, 0.4) is 0 Å². The van der Waals surface area contributed by atoms with Crippen molar-refractivity contribution in [2.75, 3.05) is 19.0 Å². The zero-order valence-corrected chi connectivity index (χ0v) is 28.4. The lowest BCUT2D eigenvalue weighted by Gasteiger charge is -2.32. The van der Waals surface area contributed by atoms with Gasteiger partial charge in [0.25, 0.3) is 5.91 Å². The van der Waals surface area contributed by atoms with Gasteiger partial charge in [-0.2, -0.15) is 15.5 Å². The highest BCUT2D eigenvalue weighted by molar-refractivity contribution is 6.34. The number of anilines is 1. The van der Waals surface area contributed by atoms with Gasteiger partial charge in [-0.05, 0) is 87.7 Å². The number of urea groups is 1. The van der Waals surface area contributed by atoms with E-state index < -0.39 is 5.54 Å². The number of isocyanates is 1. The number of hydrogen-bond donors (Lipinski definition) is 1. The van der Waals surface area contributed by atoms with Gasteiger partial charge in [0.2, 0.25) is 6.08 Å². The van der Waals surface area contributed by atoms with Gasteiger partial charge in [0.05, 0.1) is 39.6 Å². The number of nitrogens with one attached hydrogen (secondary N) is 1. The van der Waals surface area contributed by atoms with Gasteiger partial charge in [0.1, 0.15) is 17.1 Å². The molecule has 2 aliphatic carbocycles. The molecule has 10 nitrogen and oxygen atoms in total. The van der Waals surface area contributed by atoms with Crippen molar-refractivity contribution in [3.05, 3.63) is 62.4 Å². The number of halogens is 2. The molecule has 1 N–H and O–H groups in total. The predicted molar refractivity (Wildman–Crippen MR) is 178 cm³/mol. The highest BCUT2D eigenvalue weighted by atomic mass is 35.5. The van der Waals surface area contributed by atoms with Crippen LogP contribution in [0.15, 0.2) is 29.3 Å². The number of aliphatic imine (C=N–C) groups is 1. The summed E-state index contributed by atoms with van der Waals surface area (Å²) in [5.74, 6) is 0.462. The first-order chi connectivity index (χ1) is 21.8. The largest absolute Gasteiger partial charge is 0.332 e. The standard InChI is InChI=1S/C17H18ClN3O2.C9H5ClN2O.C8H14N2/c1-10-5-4-8-17(10)15(22)21(16(23)20(17)3)13-7-6-12(9-19)14(18)11(13)2;1-6-7(11-2)3-4-8(9(6)10)12-5-13;1-7-4-3-5-8(7,6-9)10-2/h6-7,10H,4-5,8H2,1-3H3;3-4H,1H3;7,10H,3-5H2,1-2H3. The third kappa shape index (κ3) is 6.38. The molecule has 1 aliphatic heterocycles. The molecular weight excluding hydrogens is 625 g/mol. The van der Waals surface area contributed by atoms with Crippen LogP contribution in [-0.4, -0.2) is 48.1 Å². The van der Waals surface area contributed by atoms with Crippen LogP contribution in [0.4, 0.5) is 21.9 Å². The van der Waals surface area contributed by atoms with Gasteiger partial charge in [-0.25, -0.2) is 19.3 Å². The highest BCUT2D eigenvalue weighted by Crippen LogP contribution is 2.47. The van der Waals surface area contributed by atoms with Gasteiger partial charge in [-0.1, -0.05) is 56.0 Å². The number of rotatable bonds is 3. The molecule has 3 amide bonds. The van der Waals surface area contributed by atoms with Crippen molar-refractivity contribution < 1.29 is 14.4 Å². The Morgan fingerprint density at radius 2 is 1.67 bits per heavy atom. The fraction of sp³-hybridized carbons (Fsp3) is 0.471. The maximum atomic E-state index is 13.1. The molecule has 2 aromatic carbocycles. The number of carbonyl (C=O) groups excluding carboxylic acids is 3. The molecule has 3 aliphatic rings. The maximum Gasteiger partial charge on any atom is 0.332 e. The molecule has 240 valence electrons. The Balaban J connectivity index is 0.000000211. The Kier molecular flexibility index (Phi) is 11.7. The van der Waals surface area contributed by atoms with E-state index in [0.717, 1.165) is 19.3 Å². The number of amides is 3. The van der Waals surface area contributed by atoms with Gasteiger partial charge >= 0.3 is 6.03 Å². The fourth-order valence-corrected chi connectivity index (χ4v) is 7.03. The number of carbonyl (C=O) groups is 2. The summed E-state index contributed by atoms with van der Waals surface area (Å²) in [5, 5.41) is 21.7. The van der Waals surface area contributed by atoms with E-state index in [1.54, 1.807) is 44.0 Å². The van der Waals surface area contributed by atoms with E-state index in [1.807, 2.05) is 20.0 Å². The molecule has 4 atom stereocenters. The van der Waals surface area contributed by atoms with Crippen molar-refractivity contribution >= 4 is 58.3 Å². The van der Waals surface area contributed by atoms with Crippen molar-refractivity contribution in [1.82, 2.24) is 10.2 Å². The van der Waals surface area contributed by atoms with Gasteiger partial charge in [0, 0.05) is 7.05 Å². The third-order valence-corrected chi connectivity index (χ3v) is 10.7. The van der Waals surface area contributed by atoms with Crippen molar-refractivity contribution in [3.63, 3.8) is 0 Å². The molecule has 5 rings (SSSR count). The zero-order chi connectivity index (χ0) is 34.4. The van der Waals surface area contributed by atoms with E-state index in [9.17, 15) is 14.4 Å². The van der Waals surface area contributed by atoms with Gasteiger partial charge in [-0.3, -0.25) is 4.79 Å². The molecule has 3 fully saturated rings. The predicted octanol–water partition coefficient (Wildman–Crippen LogP) is 7.93. The van der Waals surface area contributed by atoms with Gasteiger partial charge < -0.3 is 10.2 Å². The topological polar surface area (TPSA) is 134 Å². The Bertz CT molecular complexity index is 1700. The van der Waals surface area contributed by atoms with E-state index in [2.05, 4.69) is 28.1 Å². The summed E-state index contributed by atoms with van der Waals surface area (Å²) in [6.45, 7) is 14.4. The first-order valence-corrected chi connectivity index (χ1v) is 15.7. The van der Waals surface area contributed by atoms with Crippen LogP contribution in [0.2, 0.25) is 10.0 Å². The molecule has 4 unspecified atom stereocenters. The molecule has 2 aromatic rings. The summed E-state index contributed by atoms with van der Waals surface area (Å²) >= 11 is 12.0. The van der Waals surface area contributed by atoms with E-state index in [1.165, 1.54) is 29.9 Å². The minimum absolute atomic E-state index is 0.128. The van der Waals surface area contributed by atoms with Crippen molar-refractivity contribution in [3.8, 4) is 12.1 Å². The molecule has 0 aromatic heterocycles. The Morgan fingerprint density at radius 3 is 2.15 bits per heavy atom. The Labute approximate surface area is 280 Å². The number of likely N-dealkylation sites (N-methyl/N-ethyl adjacent to an activating group) is 1. The van der Waals surface area contributed by atoms with Gasteiger partial charge in [-0.15, -0.1) is 0 Å². The summed E-state index contributed by atoms with van der Waals surface area (Å²) in [6.07, 6.45) is 7.36. The first kappa shape index (κ1) is 36.2. The monoisotopic (exact) mass is 661 g/mol. The van der Waals surface area contributed by atoms with Gasteiger partial charge in [0.15, 0.2) is 5.69 Å². The molecule has 1 saturated heterocycles. The molecule has 1 spiro atoms. The lowest BCUT2D eigenvalue weighted by molar-refractivity contribution is -0.126. The summed E-state index contributed by atoms with van der Waals surface area (Å²) in [4.78, 5) is 45.3. The molecule has 46 heavy (non-hydrogen) atoms. The number of nitrogens with zero attached hydrogens (tertiary/aromatic N) is 6. The fourth-order valence-electron chi connectivity index (χ4n) is 6.63. The number of hydrogen-bond acceptors (Lipinski definition) is 7. The van der Waals surface area contributed by atoms with Crippen LogP contribution in [0.1, 0.15) is 69.1 Å². The van der Waals surface area contributed by atoms with E-state index in [0.29, 0.717) is 51.1 Å². The Hall–Kier alpha value is -4.23. The maximum absolute atomic E-state index is 13.1. The van der Waals surface area contributed by atoms with Crippen LogP contribution in [0.5, 0.6) is 0 Å². The second-order valence-corrected chi connectivity index (χ2v) is 12.6. The number of imide groups is 1. The van der Waals surface area contributed by atoms with Crippen LogP contribution in [0, 0.1) is 54.9 Å². The van der Waals surface area contributed by atoms with Crippen molar-refractivity contribution in [1.29, 1.82) is 10.5 Å². The second-order valence-electron chi connectivity index (χ2n) is 11.9. The van der Waals surface area contributed by atoms with Crippen LogP contribution < -0.4 is 10.2 Å². The summed E-state index contributed by atoms with van der Waals surface area (Å²) in [5.41, 5.74) is 1.87. The van der Waals surface area contributed by atoms with Crippen LogP contribution >= 0.6 is 23.2 Å². The summed E-state index contributed by atoms with van der Waals surface area (Å²) < 4.78 is 0. The average molecular weight is 663 g/mol. The molecular formula is C34H37Cl2N7O3. The summed E-state index contributed by atoms with van der Waals surface area (Å²) in [7, 11) is 3.58. The van der Waals surface area contributed by atoms with Crippen molar-refractivity contribution in [2.45, 2.75) is 77.3 Å². The molecule has 0 radical (unpaired) electrons. The van der Waals surface area contributed by atoms with E-state index in [4.69, 9.17) is 40.3 Å². The molecule has 12 heteroatoms. The molecule has 1 heterocycles. The molecule has 2 saturated carbocycles. The van der Waals surface area contributed by atoms with E-state index in [-0.39, 0.29) is 28.4 Å². The van der Waals surface area contributed by atoms with Crippen LogP contribution in [-0.2, 0) is 9.59 Å². The lowest BCUT2D eigenvalue weighted by atomic mass is 9.87. The molecule has 0 bridgehead atoms.